The van der Waals surface area contributed by atoms with Crippen molar-refractivity contribution in [1.29, 1.82) is 0 Å². The monoisotopic (exact) mass is 368 g/mol. The number of benzene rings is 1. The van der Waals surface area contributed by atoms with Gasteiger partial charge >= 0.3 is 5.97 Å². The van der Waals surface area contributed by atoms with Gasteiger partial charge < -0.3 is 9.15 Å². The molecule has 4 aromatic rings. The van der Waals surface area contributed by atoms with Crippen LogP contribution >= 0.6 is 0 Å². The zero-order chi connectivity index (χ0) is 19.0. The fourth-order valence-electron chi connectivity index (χ4n) is 2.67. The molecule has 8 nitrogen and oxygen atoms in total. The van der Waals surface area contributed by atoms with Gasteiger partial charge in [-0.2, -0.15) is 5.10 Å². The molecule has 0 unspecified atom stereocenters. The molecule has 0 saturated carbocycles. The molecule has 0 atom stereocenters. The molecule has 136 valence electrons. The average molecular weight is 368 g/mol. The van der Waals surface area contributed by atoms with Crippen molar-refractivity contribution in [3.05, 3.63) is 76.6 Å². The van der Waals surface area contributed by atoms with Gasteiger partial charge in [0, 0.05) is 0 Å². The third kappa shape index (κ3) is 2.99. The number of furan rings is 1. The van der Waals surface area contributed by atoms with Gasteiger partial charge in [0.25, 0.3) is 5.56 Å². The van der Waals surface area contributed by atoms with Crippen LogP contribution in [0.5, 0.6) is 0 Å². The number of fused-ring (bicyclic) bond motifs is 1. The number of nitrogens with zero attached hydrogens (tertiary/aromatic N) is 4. The summed E-state index contributed by atoms with van der Waals surface area (Å²) in [5, 5.41) is 4.48. The van der Waals surface area contributed by atoms with Crippen molar-refractivity contribution >= 4 is 17.0 Å². The number of ether oxygens (including phenoxy) is 1. The third-order valence-electron chi connectivity index (χ3n) is 4.00. The molecule has 0 aliphatic heterocycles. The number of hydrogen-bond acceptors (Lipinski definition) is 6. The predicted octanol–water partition coefficient (Wildman–Crippen LogP) is 2.15. The summed E-state index contributed by atoms with van der Waals surface area (Å²) in [7, 11) is 1.26. The maximum absolute atomic E-state index is 13.1. The second kappa shape index (κ2) is 6.52. The lowest BCUT2D eigenvalue weighted by atomic mass is 10.3. The first kappa shape index (κ1) is 16.7. The van der Waals surface area contributed by atoms with Gasteiger partial charge in [0.2, 0.25) is 5.76 Å². The van der Waals surface area contributed by atoms with Crippen molar-refractivity contribution in [2.45, 2.75) is 6.54 Å². The predicted molar refractivity (Wildman–Crippen MR) is 92.2 cm³/mol. The van der Waals surface area contributed by atoms with E-state index in [1.54, 1.807) is 18.2 Å². The number of rotatable bonds is 4. The molecule has 1 aromatic carbocycles. The summed E-state index contributed by atoms with van der Waals surface area (Å²) < 4.78 is 25.9. The number of carbonyl (C=O) groups excluding carboxylic acids is 1. The number of carbonyl (C=O) groups is 1. The van der Waals surface area contributed by atoms with Crippen LogP contribution in [0, 0.1) is 5.82 Å². The Morgan fingerprint density at radius 1 is 1.22 bits per heavy atom. The minimum atomic E-state index is -0.595. The fraction of sp³-hybridized carbons (Fsp3) is 0.111. The summed E-state index contributed by atoms with van der Waals surface area (Å²) in [6, 6.07) is 8.77. The van der Waals surface area contributed by atoms with Crippen LogP contribution in [0.2, 0.25) is 0 Å². The minimum absolute atomic E-state index is 0.0544. The highest BCUT2D eigenvalue weighted by atomic mass is 19.1. The van der Waals surface area contributed by atoms with Gasteiger partial charge in [-0.1, -0.05) is 0 Å². The molecule has 27 heavy (non-hydrogen) atoms. The van der Waals surface area contributed by atoms with Crippen LogP contribution in [0.4, 0.5) is 4.39 Å². The highest BCUT2D eigenvalue weighted by molar-refractivity contribution is 5.86. The molecule has 3 heterocycles. The van der Waals surface area contributed by atoms with E-state index < -0.39 is 5.97 Å². The van der Waals surface area contributed by atoms with E-state index in [4.69, 9.17) is 4.42 Å². The quantitative estimate of drug-likeness (QED) is 0.513. The molecular weight excluding hydrogens is 355 g/mol. The standard InChI is InChI=1S/C18H13FN4O4/c1-26-18(25)15-7-6-13(27-15)9-22-10-20-16-14(17(22)24)8-21-23(16)12-4-2-11(19)3-5-12/h2-8,10H,9H2,1H3. The van der Waals surface area contributed by atoms with E-state index in [-0.39, 0.29) is 23.7 Å². The SMILES string of the molecule is COC(=O)c1ccc(Cn2cnc3c(cnn3-c3ccc(F)cc3)c2=O)o1. The highest BCUT2D eigenvalue weighted by Gasteiger charge is 2.14. The maximum atomic E-state index is 13.1. The second-order valence-corrected chi connectivity index (χ2v) is 5.71. The van der Waals surface area contributed by atoms with Gasteiger partial charge in [0.15, 0.2) is 5.65 Å². The van der Waals surface area contributed by atoms with Crippen LogP contribution in [0.25, 0.3) is 16.7 Å². The van der Waals surface area contributed by atoms with Gasteiger partial charge in [0.1, 0.15) is 23.3 Å². The third-order valence-corrected chi connectivity index (χ3v) is 4.00. The second-order valence-electron chi connectivity index (χ2n) is 5.71. The van der Waals surface area contributed by atoms with Crippen LogP contribution in [0.15, 0.2) is 58.1 Å². The van der Waals surface area contributed by atoms with Crippen molar-refractivity contribution < 1.29 is 18.3 Å². The zero-order valence-electron chi connectivity index (χ0n) is 14.1. The lowest BCUT2D eigenvalue weighted by molar-refractivity contribution is 0.0563. The zero-order valence-corrected chi connectivity index (χ0v) is 14.1. The van der Waals surface area contributed by atoms with Gasteiger partial charge in [-0.15, -0.1) is 0 Å². The lowest BCUT2D eigenvalue weighted by Gasteiger charge is -2.05. The summed E-state index contributed by atoms with van der Waals surface area (Å²) >= 11 is 0. The first-order valence-electron chi connectivity index (χ1n) is 7.93. The summed E-state index contributed by atoms with van der Waals surface area (Å²) in [6.07, 6.45) is 2.78. The number of esters is 1. The van der Waals surface area contributed by atoms with Gasteiger partial charge in [0.05, 0.1) is 25.5 Å². The first-order chi connectivity index (χ1) is 13.1. The van der Waals surface area contributed by atoms with Crippen molar-refractivity contribution in [1.82, 2.24) is 19.3 Å². The van der Waals surface area contributed by atoms with Crippen LogP contribution in [-0.4, -0.2) is 32.4 Å². The molecule has 0 amide bonds. The van der Waals surface area contributed by atoms with E-state index >= 15 is 0 Å². The van der Waals surface area contributed by atoms with Crippen molar-refractivity contribution in [3.63, 3.8) is 0 Å². The molecule has 0 aliphatic carbocycles. The number of aromatic nitrogens is 4. The molecule has 0 radical (unpaired) electrons. The molecule has 9 heteroatoms. The van der Waals surface area contributed by atoms with Crippen LogP contribution in [-0.2, 0) is 11.3 Å². The molecule has 3 aromatic heterocycles. The van der Waals surface area contributed by atoms with Crippen LogP contribution < -0.4 is 5.56 Å². The van der Waals surface area contributed by atoms with Crippen molar-refractivity contribution in [3.8, 4) is 5.69 Å². The normalized spacial score (nSPS) is 11.0. The Kier molecular flexibility index (Phi) is 4.03. The summed E-state index contributed by atoms with van der Waals surface area (Å²) in [5.41, 5.74) is 0.631. The molecule has 0 fully saturated rings. The molecule has 0 spiro atoms. The molecule has 0 bridgehead atoms. The number of methoxy groups -OCH3 is 1. The molecule has 4 rings (SSSR count). The Bertz CT molecular complexity index is 1190. The van der Waals surface area contributed by atoms with Gasteiger partial charge in [-0.25, -0.2) is 18.9 Å². The summed E-state index contributed by atoms with van der Waals surface area (Å²) in [6.45, 7) is 0.0977. The van der Waals surface area contributed by atoms with Gasteiger partial charge in [-0.3, -0.25) is 9.36 Å². The Balaban J connectivity index is 1.69. The van der Waals surface area contributed by atoms with E-state index in [9.17, 15) is 14.0 Å². The Hall–Kier alpha value is -3.75. The first-order valence-corrected chi connectivity index (χ1v) is 7.93. The maximum Gasteiger partial charge on any atom is 0.373 e. The van der Waals surface area contributed by atoms with E-state index in [0.717, 1.165) is 0 Å². The Morgan fingerprint density at radius 3 is 2.74 bits per heavy atom. The lowest BCUT2D eigenvalue weighted by Crippen LogP contribution is -2.20. The molecule has 0 aliphatic rings. The molecule has 0 N–H and O–H groups in total. The highest BCUT2D eigenvalue weighted by Crippen LogP contribution is 2.15. The average Bonchev–Trinajstić information content (AvgIpc) is 3.31. The van der Waals surface area contributed by atoms with Crippen LogP contribution in [0.1, 0.15) is 16.3 Å². The Morgan fingerprint density at radius 2 is 2.00 bits per heavy atom. The Labute approximate surface area is 151 Å². The summed E-state index contributed by atoms with van der Waals surface area (Å²) in [5.74, 6) is -0.499. The van der Waals surface area contributed by atoms with E-state index in [1.165, 1.54) is 47.1 Å². The number of hydrogen-bond donors (Lipinski definition) is 0. The fourth-order valence-corrected chi connectivity index (χ4v) is 2.67. The topological polar surface area (TPSA) is 92.2 Å². The van der Waals surface area contributed by atoms with E-state index in [1.807, 2.05) is 0 Å². The van der Waals surface area contributed by atoms with Crippen LogP contribution in [0.3, 0.4) is 0 Å². The smallest absolute Gasteiger partial charge is 0.373 e. The van der Waals surface area contributed by atoms with E-state index in [2.05, 4.69) is 14.8 Å². The van der Waals surface area contributed by atoms with Crippen molar-refractivity contribution in [2.24, 2.45) is 0 Å². The minimum Gasteiger partial charge on any atom is -0.463 e. The molecule has 0 saturated heterocycles. The molecular formula is C18H13FN4O4. The van der Waals surface area contributed by atoms with E-state index in [0.29, 0.717) is 22.5 Å². The van der Waals surface area contributed by atoms with Gasteiger partial charge in [-0.05, 0) is 36.4 Å². The number of halogens is 1. The van der Waals surface area contributed by atoms with Crippen molar-refractivity contribution in [2.75, 3.05) is 7.11 Å². The largest absolute Gasteiger partial charge is 0.463 e. The summed E-state index contributed by atoms with van der Waals surface area (Å²) in [4.78, 5) is 28.4.